The standard InChI is InChI=1S/C19H16ClN5O7S/c20-14-7-6-12(10-15(14)25(28)29)17(26)21-8-9-22-18(27)19-23-16(24-32-19)11-33(30,31)13-4-2-1-3-5-13/h1-7,10H,8-9,11H2,(H,21,26)(H,22,27). The van der Waals surface area contributed by atoms with Gasteiger partial charge in [0.25, 0.3) is 11.6 Å². The summed E-state index contributed by atoms with van der Waals surface area (Å²) in [5.74, 6) is -2.52. The number of hydrogen-bond donors (Lipinski definition) is 2. The van der Waals surface area contributed by atoms with E-state index in [-0.39, 0.29) is 34.4 Å². The van der Waals surface area contributed by atoms with Crippen LogP contribution in [0.3, 0.4) is 0 Å². The summed E-state index contributed by atoms with van der Waals surface area (Å²) in [5, 5.41) is 19.2. The van der Waals surface area contributed by atoms with Crippen molar-refractivity contribution in [3.63, 3.8) is 0 Å². The van der Waals surface area contributed by atoms with Crippen molar-refractivity contribution in [3.05, 3.63) is 80.9 Å². The van der Waals surface area contributed by atoms with Gasteiger partial charge in [-0.3, -0.25) is 19.7 Å². The fourth-order valence-electron chi connectivity index (χ4n) is 2.61. The predicted molar refractivity (Wildman–Crippen MR) is 114 cm³/mol. The molecule has 0 saturated heterocycles. The van der Waals surface area contributed by atoms with Gasteiger partial charge in [-0.05, 0) is 24.3 Å². The van der Waals surface area contributed by atoms with Gasteiger partial charge in [0, 0.05) is 24.7 Å². The Morgan fingerprint density at radius 2 is 1.73 bits per heavy atom. The lowest BCUT2D eigenvalue weighted by molar-refractivity contribution is -0.384. The van der Waals surface area contributed by atoms with E-state index in [2.05, 4.69) is 20.8 Å². The number of carbonyl (C=O) groups is 2. The zero-order valence-electron chi connectivity index (χ0n) is 16.7. The number of sulfone groups is 1. The minimum absolute atomic E-state index is 0.00955. The van der Waals surface area contributed by atoms with Crippen LogP contribution in [-0.2, 0) is 15.6 Å². The summed E-state index contributed by atoms with van der Waals surface area (Å²) in [7, 11) is -3.71. The van der Waals surface area contributed by atoms with Crippen LogP contribution in [0.5, 0.6) is 0 Å². The summed E-state index contributed by atoms with van der Waals surface area (Å²) < 4.78 is 29.5. The zero-order valence-corrected chi connectivity index (χ0v) is 18.3. The molecule has 12 nitrogen and oxygen atoms in total. The smallest absolute Gasteiger partial charge is 0.315 e. The molecule has 1 aromatic heterocycles. The van der Waals surface area contributed by atoms with Crippen LogP contribution < -0.4 is 10.6 Å². The normalized spacial score (nSPS) is 11.1. The molecule has 2 N–H and O–H groups in total. The molecule has 0 saturated carbocycles. The highest BCUT2D eigenvalue weighted by Crippen LogP contribution is 2.25. The third-order valence-electron chi connectivity index (χ3n) is 4.18. The number of nitrogens with zero attached hydrogens (tertiary/aromatic N) is 3. The van der Waals surface area contributed by atoms with E-state index in [1.807, 2.05) is 0 Å². The minimum Gasteiger partial charge on any atom is -0.350 e. The molecule has 0 radical (unpaired) electrons. The Hall–Kier alpha value is -3.84. The molecule has 14 heteroatoms. The number of amides is 2. The largest absolute Gasteiger partial charge is 0.350 e. The van der Waals surface area contributed by atoms with Crippen molar-refractivity contribution in [2.24, 2.45) is 0 Å². The minimum atomic E-state index is -3.71. The second-order valence-corrected chi connectivity index (χ2v) is 8.92. The van der Waals surface area contributed by atoms with Gasteiger partial charge in [-0.15, -0.1) is 0 Å². The van der Waals surface area contributed by atoms with Crippen molar-refractivity contribution < 1.29 is 27.5 Å². The van der Waals surface area contributed by atoms with E-state index in [0.29, 0.717) is 0 Å². The van der Waals surface area contributed by atoms with E-state index < -0.39 is 43.9 Å². The molecule has 0 aliphatic carbocycles. The average Bonchev–Trinajstić information content (AvgIpc) is 3.25. The molecule has 0 spiro atoms. The molecule has 0 unspecified atom stereocenters. The van der Waals surface area contributed by atoms with Gasteiger partial charge in [0.2, 0.25) is 0 Å². The summed E-state index contributed by atoms with van der Waals surface area (Å²) in [5.41, 5.74) is -0.377. The lowest BCUT2D eigenvalue weighted by atomic mass is 10.2. The van der Waals surface area contributed by atoms with Gasteiger partial charge in [0.15, 0.2) is 15.7 Å². The first-order valence-electron chi connectivity index (χ1n) is 9.28. The van der Waals surface area contributed by atoms with Crippen LogP contribution in [0.2, 0.25) is 5.02 Å². The Morgan fingerprint density at radius 3 is 2.39 bits per heavy atom. The highest BCUT2D eigenvalue weighted by Gasteiger charge is 2.21. The molecule has 2 amide bonds. The SMILES string of the molecule is O=C(NCCNC(=O)c1nc(CS(=O)(=O)c2ccccc2)no1)c1ccc(Cl)c([N+](=O)[O-])c1. The summed E-state index contributed by atoms with van der Waals surface area (Å²) in [6.07, 6.45) is 0. The number of aromatic nitrogens is 2. The van der Waals surface area contributed by atoms with E-state index in [9.17, 15) is 28.1 Å². The van der Waals surface area contributed by atoms with Crippen LogP contribution in [-0.4, -0.2) is 48.4 Å². The first-order chi connectivity index (χ1) is 15.7. The maximum Gasteiger partial charge on any atom is 0.315 e. The van der Waals surface area contributed by atoms with E-state index in [4.69, 9.17) is 16.1 Å². The molecule has 172 valence electrons. The summed E-state index contributed by atoms with van der Waals surface area (Å²) in [6, 6.07) is 11.3. The lowest BCUT2D eigenvalue weighted by Crippen LogP contribution is -2.34. The van der Waals surface area contributed by atoms with Gasteiger partial charge in [-0.1, -0.05) is 35.0 Å². The summed E-state index contributed by atoms with van der Waals surface area (Å²) >= 11 is 5.71. The van der Waals surface area contributed by atoms with Gasteiger partial charge in [0.1, 0.15) is 10.8 Å². The molecule has 33 heavy (non-hydrogen) atoms. The molecule has 0 aliphatic heterocycles. The quantitative estimate of drug-likeness (QED) is 0.255. The van der Waals surface area contributed by atoms with Crippen molar-refractivity contribution in [2.45, 2.75) is 10.6 Å². The number of rotatable bonds is 9. The van der Waals surface area contributed by atoms with Crippen LogP contribution in [0.15, 0.2) is 57.9 Å². The van der Waals surface area contributed by atoms with Crippen molar-refractivity contribution in [3.8, 4) is 0 Å². The first kappa shape index (κ1) is 23.8. The Labute approximate surface area is 192 Å². The fourth-order valence-corrected chi connectivity index (χ4v) is 3.99. The predicted octanol–water partition coefficient (Wildman–Crippen LogP) is 1.76. The van der Waals surface area contributed by atoms with Gasteiger partial charge in [0.05, 0.1) is 9.82 Å². The lowest BCUT2D eigenvalue weighted by Gasteiger charge is -2.06. The van der Waals surface area contributed by atoms with E-state index in [1.54, 1.807) is 18.2 Å². The highest BCUT2D eigenvalue weighted by molar-refractivity contribution is 7.90. The van der Waals surface area contributed by atoms with Gasteiger partial charge in [-0.2, -0.15) is 4.98 Å². The molecular weight excluding hydrogens is 478 g/mol. The number of nitro groups is 1. The second kappa shape index (κ2) is 10.2. The van der Waals surface area contributed by atoms with Crippen molar-refractivity contribution >= 4 is 38.9 Å². The van der Waals surface area contributed by atoms with Crippen LogP contribution in [0, 0.1) is 10.1 Å². The summed E-state index contributed by atoms with van der Waals surface area (Å²) in [4.78, 5) is 38.3. The highest BCUT2D eigenvalue weighted by atomic mass is 35.5. The number of benzene rings is 2. The second-order valence-electron chi connectivity index (χ2n) is 6.52. The number of nitro benzene ring substituents is 1. The fraction of sp³-hybridized carbons (Fsp3) is 0.158. The monoisotopic (exact) mass is 493 g/mol. The van der Waals surface area contributed by atoms with Crippen LogP contribution in [0.4, 0.5) is 5.69 Å². The molecule has 1 heterocycles. The molecule has 3 aromatic rings. The van der Waals surface area contributed by atoms with E-state index >= 15 is 0 Å². The van der Waals surface area contributed by atoms with Gasteiger partial charge < -0.3 is 15.2 Å². The Balaban J connectivity index is 1.50. The molecule has 3 rings (SSSR count). The van der Waals surface area contributed by atoms with Crippen molar-refractivity contribution in [1.82, 2.24) is 20.8 Å². The topological polar surface area (TPSA) is 174 Å². The number of carbonyl (C=O) groups excluding carboxylic acids is 2. The number of hydrogen-bond acceptors (Lipinski definition) is 9. The molecular formula is C19H16ClN5O7S. The molecule has 0 aliphatic rings. The van der Waals surface area contributed by atoms with Crippen LogP contribution in [0.1, 0.15) is 26.9 Å². The Kier molecular flexibility index (Phi) is 7.35. The third kappa shape index (κ3) is 6.11. The number of nitrogens with one attached hydrogen (secondary N) is 2. The van der Waals surface area contributed by atoms with Gasteiger partial charge in [-0.25, -0.2) is 8.42 Å². The van der Waals surface area contributed by atoms with Gasteiger partial charge >= 0.3 is 11.8 Å². The van der Waals surface area contributed by atoms with Crippen molar-refractivity contribution in [1.29, 1.82) is 0 Å². The van der Waals surface area contributed by atoms with Crippen LogP contribution in [0.25, 0.3) is 0 Å². The Morgan fingerprint density at radius 1 is 1.06 bits per heavy atom. The van der Waals surface area contributed by atoms with Crippen LogP contribution >= 0.6 is 11.6 Å². The first-order valence-corrected chi connectivity index (χ1v) is 11.3. The van der Waals surface area contributed by atoms with E-state index in [0.717, 1.165) is 6.07 Å². The maximum atomic E-state index is 12.3. The Bertz CT molecular complexity index is 1290. The maximum absolute atomic E-state index is 12.3. The molecule has 2 aromatic carbocycles. The van der Waals surface area contributed by atoms with E-state index in [1.165, 1.54) is 24.3 Å². The molecule has 0 fully saturated rings. The molecule has 0 atom stereocenters. The average molecular weight is 494 g/mol. The summed E-state index contributed by atoms with van der Waals surface area (Å²) in [6.45, 7) is -0.0370. The molecule has 0 bridgehead atoms. The third-order valence-corrected chi connectivity index (χ3v) is 6.13. The number of halogens is 1. The van der Waals surface area contributed by atoms with Crippen molar-refractivity contribution in [2.75, 3.05) is 13.1 Å². The zero-order chi connectivity index (χ0) is 24.0.